The molecule has 0 radical (unpaired) electrons. The van der Waals surface area contributed by atoms with Crippen molar-refractivity contribution in [3.63, 3.8) is 0 Å². The standard InChI is InChI=1S/C20H27NO/c1-4-10-19(11-5-1)14-17-22-16-9-3-8-15-21-18-20-12-6-2-7-13-20/h1-2,4-7,10-13,21H,3,8-9,14-18H2. The molecule has 0 aliphatic rings. The maximum Gasteiger partial charge on any atom is 0.0506 e. The molecule has 0 bridgehead atoms. The molecule has 0 amide bonds. The van der Waals surface area contributed by atoms with Crippen LogP contribution in [0.4, 0.5) is 0 Å². The van der Waals surface area contributed by atoms with Crippen LogP contribution >= 0.6 is 0 Å². The van der Waals surface area contributed by atoms with Gasteiger partial charge >= 0.3 is 0 Å². The molecule has 2 aromatic rings. The van der Waals surface area contributed by atoms with Crippen molar-refractivity contribution in [3.8, 4) is 0 Å². The molecule has 0 unspecified atom stereocenters. The SMILES string of the molecule is c1ccc(CCOCCCCCNCc2ccccc2)cc1. The lowest BCUT2D eigenvalue weighted by molar-refractivity contribution is 0.133. The molecule has 1 N–H and O–H groups in total. The lowest BCUT2D eigenvalue weighted by Crippen LogP contribution is -2.14. The molecule has 0 saturated heterocycles. The van der Waals surface area contributed by atoms with E-state index in [2.05, 4.69) is 66.0 Å². The summed E-state index contributed by atoms with van der Waals surface area (Å²) >= 11 is 0. The number of benzene rings is 2. The summed E-state index contributed by atoms with van der Waals surface area (Å²) < 4.78 is 5.69. The number of ether oxygens (including phenoxy) is 1. The zero-order chi connectivity index (χ0) is 15.3. The van der Waals surface area contributed by atoms with Crippen molar-refractivity contribution in [2.24, 2.45) is 0 Å². The second kappa shape index (κ2) is 11.0. The maximum atomic E-state index is 5.69. The third kappa shape index (κ3) is 7.39. The molecule has 118 valence electrons. The van der Waals surface area contributed by atoms with Gasteiger partial charge in [0.25, 0.3) is 0 Å². The molecule has 0 aliphatic carbocycles. The largest absolute Gasteiger partial charge is 0.381 e. The summed E-state index contributed by atoms with van der Waals surface area (Å²) in [5.41, 5.74) is 2.71. The van der Waals surface area contributed by atoms with Crippen LogP contribution in [0.15, 0.2) is 60.7 Å². The molecule has 0 atom stereocenters. The molecule has 0 saturated carbocycles. The summed E-state index contributed by atoms with van der Waals surface area (Å²) in [7, 11) is 0. The van der Waals surface area contributed by atoms with Crippen LogP contribution in [0, 0.1) is 0 Å². The van der Waals surface area contributed by atoms with Crippen LogP contribution in [0.5, 0.6) is 0 Å². The van der Waals surface area contributed by atoms with Gasteiger partial charge in [-0.15, -0.1) is 0 Å². The van der Waals surface area contributed by atoms with E-state index < -0.39 is 0 Å². The fraction of sp³-hybridized carbons (Fsp3) is 0.400. The minimum Gasteiger partial charge on any atom is -0.381 e. The Hall–Kier alpha value is -1.64. The van der Waals surface area contributed by atoms with Crippen LogP contribution in [0.2, 0.25) is 0 Å². The minimum atomic E-state index is 0.830. The summed E-state index contributed by atoms with van der Waals surface area (Å²) in [6.07, 6.45) is 4.61. The number of nitrogens with one attached hydrogen (secondary N) is 1. The molecular weight excluding hydrogens is 270 g/mol. The lowest BCUT2D eigenvalue weighted by Gasteiger charge is -2.06. The Morgan fingerprint density at radius 3 is 2.09 bits per heavy atom. The van der Waals surface area contributed by atoms with Crippen molar-refractivity contribution in [2.45, 2.75) is 32.2 Å². The maximum absolute atomic E-state index is 5.69. The Kier molecular flexibility index (Phi) is 8.36. The third-order valence-corrected chi connectivity index (χ3v) is 3.69. The normalized spacial score (nSPS) is 10.7. The van der Waals surface area contributed by atoms with Crippen molar-refractivity contribution in [1.82, 2.24) is 5.32 Å². The van der Waals surface area contributed by atoms with Gasteiger partial charge in [-0.1, -0.05) is 60.7 Å². The zero-order valence-electron chi connectivity index (χ0n) is 13.3. The molecule has 0 spiro atoms. The van der Waals surface area contributed by atoms with E-state index in [1.807, 2.05) is 0 Å². The Morgan fingerprint density at radius 1 is 0.682 bits per heavy atom. The highest BCUT2D eigenvalue weighted by Crippen LogP contribution is 2.01. The summed E-state index contributed by atoms with van der Waals surface area (Å²) in [6.45, 7) is 3.76. The molecule has 2 heteroatoms. The third-order valence-electron chi connectivity index (χ3n) is 3.69. The molecule has 22 heavy (non-hydrogen) atoms. The second-order valence-electron chi connectivity index (χ2n) is 5.57. The van der Waals surface area contributed by atoms with Crippen LogP contribution in [-0.2, 0) is 17.7 Å². The van der Waals surface area contributed by atoms with E-state index in [-0.39, 0.29) is 0 Å². The van der Waals surface area contributed by atoms with Gasteiger partial charge in [-0.2, -0.15) is 0 Å². The Bertz CT molecular complexity index is 436. The van der Waals surface area contributed by atoms with E-state index in [0.29, 0.717) is 0 Å². The van der Waals surface area contributed by atoms with E-state index >= 15 is 0 Å². The first kappa shape index (κ1) is 16.7. The van der Waals surface area contributed by atoms with E-state index in [1.165, 1.54) is 24.0 Å². The molecule has 0 aliphatic heterocycles. The van der Waals surface area contributed by atoms with Crippen LogP contribution in [-0.4, -0.2) is 19.8 Å². The molecule has 0 aromatic heterocycles. The van der Waals surface area contributed by atoms with Gasteiger partial charge in [0, 0.05) is 13.2 Å². The monoisotopic (exact) mass is 297 g/mol. The first-order valence-corrected chi connectivity index (χ1v) is 8.31. The zero-order valence-corrected chi connectivity index (χ0v) is 13.3. The van der Waals surface area contributed by atoms with Gasteiger partial charge in [0.2, 0.25) is 0 Å². The van der Waals surface area contributed by atoms with Crippen LogP contribution in [0.3, 0.4) is 0 Å². The van der Waals surface area contributed by atoms with Gasteiger partial charge in [0.05, 0.1) is 6.61 Å². The van der Waals surface area contributed by atoms with Gasteiger partial charge in [-0.3, -0.25) is 0 Å². The van der Waals surface area contributed by atoms with Crippen molar-refractivity contribution in [3.05, 3.63) is 71.8 Å². The van der Waals surface area contributed by atoms with Crippen molar-refractivity contribution >= 4 is 0 Å². The van der Waals surface area contributed by atoms with E-state index in [4.69, 9.17) is 4.74 Å². The van der Waals surface area contributed by atoms with Crippen molar-refractivity contribution in [2.75, 3.05) is 19.8 Å². The van der Waals surface area contributed by atoms with Gasteiger partial charge < -0.3 is 10.1 Å². The highest BCUT2D eigenvalue weighted by atomic mass is 16.5. The van der Waals surface area contributed by atoms with Crippen molar-refractivity contribution < 1.29 is 4.74 Å². The van der Waals surface area contributed by atoms with Gasteiger partial charge in [0.1, 0.15) is 0 Å². The molecule has 2 nitrogen and oxygen atoms in total. The van der Waals surface area contributed by atoms with Gasteiger partial charge in [0.15, 0.2) is 0 Å². The van der Waals surface area contributed by atoms with Crippen LogP contribution < -0.4 is 5.32 Å². The average molecular weight is 297 g/mol. The number of hydrogen-bond acceptors (Lipinski definition) is 2. The fourth-order valence-corrected chi connectivity index (χ4v) is 2.40. The fourth-order valence-electron chi connectivity index (χ4n) is 2.40. The molecular formula is C20H27NO. The quantitative estimate of drug-likeness (QED) is 0.627. The van der Waals surface area contributed by atoms with Crippen LogP contribution in [0.25, 0.3) is 0 Å². The first-order chi connectivity index (χ1) is 10.9. The molecule has 0 fully saturated rings. The topological polar surface area (TPSA) is 21.3 Å². The van der Waals surface area contributed by atoms with E-state index in [9.17, 15) is 0 Å². The predicted molar refractivity (Wildman–Crippen MR) is 93.0 cm³/mol. The van der Waals surface area contributed by atoms with E-state index in [1.54, 1.807) is 0 Å². The summed E-state index contributed by atoms with van der Waals surface area (Å²) in [4.78, 5) is 0. The highest BCUT2D eigenvalue weighted by Gasteiger charge is 1.94. The molecule has 2 rings (SSSR count). The predicted octanol–water partition coefficient (Wildman–Crippen LogP) is 4.21. The number of unbranched alkanes of at least 4 members (excludes halogenated alkanes) is 2. The van der Waals surface area contributed by atoms with Gasteiger partial charge in [-0.25, -0.2) is 0 Å². The highest BCUT2D eigenvalue weighted by molar-refractivity contribution is 5.15. The van der Waals surface area contributed by atoms with Crippen LogP contribution in [0.1, 0.15) is 30.4 Å². The minimum absolute atomic E-state index is 0.830. The lowest BCUT2D eigenvalue weighted by atomic mass is 10.2. The second-order valence-corrected chi connectivity index (χ2v) is 5.57. The average Bonchev–Trinajstić information content (AvgIpc) is 2.58. The molecule has 0 heterocycles. The number of rotatable bonds is 11. The summed E-state index contributed by atoms with van der Waals surface area (Å²) in [6, 6.07) is 21.1. The van der Waals surface area contributed by atoms with Gasteiger partial charge in [-0.05, 0) is 43.4 Å². The summed E-state index contributed by atoms with van der Waals surface area (Å²) in [5, 5.41) is 3.48. The molecule has 2 aromatic carbocycles. The first-order valence-electron chi connectivity index (χ1n) is 8.31. The Labute approximate surface area is 134 Å². The van der Waals surface area contributed by atoms with E-state index in [0.717, 1.165) is 39.1 Å². The smallest absolute Gasteiger partial charge is 0.0506 e. The summed E-state index contributed by atoms with van der Waals surface area (Å²) in [5.74, 6) is 0. The number of hydrogen-bond donors (Lipinski definition) is 1. The van der Waals surface area contributed by atoms with Crippen molar-refractivity contribution in [1.29, 1.82) is 0 Å². The Balaban J connectivity index is 1.37. The Morgan fingerprint density at radius 2 is 1.36 bits per heavy atom.